The maximum absolute atomic E-state index is 13.3. The second-order valence-corrected chi connectivity index (χ2v) is 9.48. The topological polar surface area (TPSA) is 103 Å². The van der Waals surface area contributed by atoms with E-state index in [9.17, 15) is 9.59 Å². The summed E-state index contributed by atoms with van der Waals surface area (Å²) in [6.45, 7) is 7.38. The standard InChI is InChI=1S/C23H23BrClN3O5/c1-5-32-18-9-13(8-16(25)20(18)33-12-19(29)30)11-26-28-21(31)15-10-14(24)6-7-17(15)27-22(28)23(2,3)4/h6-11H,5,12H2,1-4H3,(H,29,30). The molecule has 0 spiro atoms. The Kier molecular flexibility index (Phi) is 7.44. The van der Waals surface area contributed by atoms with Gasteiger partial charge in [0, 0.05) is 9.89 Å². The zero-order valence-electron chi connectivity index (χ0n) is 18.6. The molecule has 0 amide bonds. The van der Waals surface area contributed by atoms with E-state index in [1.807, 2.05) is 26.8 Å². The van der Waals surface area contributed by atoms with Crippen LogP contribution < -0.4 is 15.0 Å². The van der Waals surface area contributed by atoms with Crippen molar-refractivity contribution in [3.63, 3.8) is 0 Å². The molecule has 8 nitrogen and oxygen atoms in total. The fourth-order valence-corrected chi connectivity index (χ4v) is 3.70. The van der Waals surface area contributed by atoms with Gasteiger partial charge in [0.25, 0.3) is 5.56 Å². The highest BCUT2D eigenvalue weighted by Crippen LogP contribution is 2.36. The van der Waals surface area contributed by atoms with E-state index in [-0.39, 0.29) is 22.1 Å². The molecule has 0 radical (unpaired) electrons. The van der Waals surface area contributed by atoms with Crippen LogP contribution in [0.4, 0.5) is 0 Å². The summed E-state index contributed by atoms with van der Waals surface area (Å²) in [6, 6.07) is 8.50. The quantitative estimate of drug-likeness (QED) is 0.433. The fraction of sp³-hybridized carbons (Fsp3) is 0.304. The van der Waals surface area contributed by atoms with Crippen LogP contribution in [-0.2, 0) is 10.2 Å². The number of aliphatic carboxylic acids is 1. The summed E-state index contributed by atoms with van der Waals surface area (Å²) in [6.07, 6.45) is 1.47. The molecule has 0 fully saturated rings. The van der Waals surface area contributed by atoms with Crippen molar-refractivity contribution in [2.75, 3.05) is 13.2 Å². The summed E-state index contributed by atoms with van der Waals surface area (Å²) < 4.78 is 12.9. The number of benzene rings is 2. The Hall–Kier alpha value is -2.91. The van der Waals surface area contributed by atoms with E-state index < -0.39 is 18.0 Å². The number of aromatic nitrogens is 2. The number of carbonyl (C=O) groups is 1. The van der Waals surface area contributed by atoms with Gasteiger partial charge in [-0.2, -0.15) is 9.78 Å². The molecule has 0 saturated heterocycles. The summed E-state index contributed by atoms with van der Waals surface area (Å²) in [5.41, 5.74) is 0.355. The number of rotatable bonds is 7. The van der Waals surface area contributed by atoms with Crippen LogP contribution >= 0.6 is 27.5 Å². The molecule has 3 aromatic rings. The number of fused-ring (bicyclic) bond motifs is 1. The normalized spacial score (nSPS) is 11.8. The van der Waals surface area contributed by atoms with E-state index in [1.54, 1.807) is 31.2 Å². The summed E-state index contributed by atoms with van der Waals surface area (Å²) in [5.74, 6) is -0.237. The van der Waals surface area contributed by atoms with Gasteiger partial charge in [0.15, 0.2) is 18.1 Å². The van der Waals surface area contributed by atoms with Crippen molar-refractivity contribution in [2.45, 2.75) is 33.1 Å². The molecule has 1 N–H and O–H groups in total. The van der Waals surface area contributed by atoms with Crippen molar-refractivity contribution in [3.8, 4) is 11.5 Å². The first kappa shape index (κ1) is 24.7. The fourth-order valence-electron chi connectivity index (χ4n) is 3.07. The van der Waals surface area contributed by atoms with Crippen molar-refractivity contribution in [3.05, 3.63) is 61.6 Å². The van der Waals surface area contributed by atoms with Crippen molar-refractivity contribution < 1.29 is 19.4 Å². The zero-order chi connectivity index (χ0) is 24.3. The largest absolute Gasteiger partial charge is 0.490 e. The molecular weight excluding hydrogens is 514 g/mol. The Bertz CT molecular complexity index is 1300. The smallest absolute Gasteiger partial charge is 0.341 e. The van der Waals surface area contributed by atoms with Gasteiger partial charge in [-0.15, -0.1) is 0 Å². The van der Waals surface area contributed by atoms with Gasteiger partial charge in [0.1, 0.15) is 5.82 Å². The summed E-state index contributed by atoms with van der Waals surface area (Å²) in [5, 5.41) is 13.9. The van der Waals surface area contributed by atoms with Gasteiger partial charge in [0.2, 0.25) is 0 Å². The Morgan fingerprint density at radius 2 is 2.00 bits per heavy atom. The first-order chi connectivity index (χ1) is 15.5. The third-order valence-corrected chi connectivity index (χ3v) is 5.25. The highest BCUT2D eigenvalue weighted by Gasteiger charge is 2.23. The minimum absolute atomic E-state index is 0.128. The Morgan fingerprint density at radius 1 is 1.27 bits per heavy atom. The van der Waals surface area contributed by atoms with Crippen molar-refractivity contribution in [2.24, 2.45) is 5.10 Å². The number of hydrogen-bond donors (Lipinski definition) is 1. The lowest BCUT2D eigenvalue weighted by atomic mass is 9.95. The SMILES string of the molecule is CCOc1cc(C=Nn2c(C(C)(C)C)nc3ccc(Br)cc3c2=O)cc(Cl)c1OCC(=O)O. The molecule has 0 atom stereocenters. The molecule has 33 heavy (non-hydrogen) atoms. The molecule has 1 heterocycles. The van der Waals surface area contributed by atoms with Gasteiger partial charge in [-0.1, -0.05) is 48.3 Å². The third kappa shape index (κ3) is 5.72. The minimum Gasteiger partial charge on any atom is -0.490 e. The average molecular weight is 537 g/mol. The van der Waals surface area contributed by atoms with Crippen molar-refractivity contribution in [1.29, 1.82) is 0 Å². The molecule has 2 aromatic carbocycles. The van der Waals surface area contributed by atoms with Gasteiger partial charge in [-0.25, -0.2) is 9.78 Å². The maximum Gasteiger partial charge on any atom is 0.341 e. The number of ether oxygens (including phenoxy) is 2. The Balaban J connectivity index is 2.12. The van der Waals surface area contributed by atoms with Gasteiger partial charge >= 0.3 is 5.97 Å². The van der Waals surface area contributed by atoms with Crippen molar-refractivity contribution >= 4 is 50.6 Å². The maximum atomic E-state index is 13.3. The number of hydrogen-bond acceptors (Lipinski definition) is 6. The van der Waals surface area contributed by atoms with E-state index in [2.05, 4.69) is 26.0 Å². The van der Waals surface area contributed by atoms with Gasteiger partial charge in [-0.05, 0) is 42.8 Å². The molecule has 1 aromatic heterocycles. The second kappa shape index (κ2) is 9.93. The summed E-state index contributed by atoms with van der Waals surface area (Å²) >= 11 is 9.71. The molecule has 10 heteroatoms. The lowest BCUT2D eigenvalue weighted by Crippen LogP contribution is -2.29. The molecule has 0 aliphatic carbocycles. The predicted molar refractivity (Wildman–Crippen MR) is 131 cm³/mol. The van der Waals surface area contributed by atoms with Crippen LogP contribution in [0.15, 0.2) is 44.7 Å². The predicted octanol–water partition coefficient (Wildman–Crippen LogP) is 4.85. The molecule has 0 aliphatic rings. The lowest BCUT2D eigenvalue weighted by Gasteiger charge is -2.21. The third-order valence-electron chi connectivity index (χ3n) is 4.47. The Labute approximate surface area is 203 Å². The van der Waals surface area contributed by atoms with E-state index in [0.29, 0.717) is 28.9 Å². The molecule has 3 rings (SSSR count). The van der Waals surface area contributed by atoms with Crippen LogP contribution in [0.1, 0.15) is 39.1 Å². The van der Waals surface area contributed by atoms with Crippen LogP contribution in [0.3, 0.4) is 0 Å². The average Bonchev–Trinajstić information content (AvgIpc) is 2.72. The number of carboxylic acid groups (broad SMARTS) is 1. The van der Waals surface area contributed by atoms with E-state index in [0.717, 1.165) is 4.47 Å². The molecule has 174 valence electrons. The summed E-state index contributed by atoms with van der Waals surface area (Å²) in [4.78, 5) is 28.8. The minimum atomic E-state index is -1.14. The first-order valence-corrected chi connectivity index (χ1v) is 11.3. The highest BCUT2D eigenvalue weighted by atomic mass is 79.9. The first-order valence-electron chi connectivity index (χ1n) is 10.1. The van der Waals surface area contributed by atoms with Crippen LogP contribution in [-0.4, -0.2) is 40.2 Å². The van der Waals surface area contributed by atoms with Gasteiger partial charge in [0.05, 0.1) is 28.7 Å². The summed E-state index contributed by atoms with van der Waals surface area (Å²) in [7, 11) is 0. The van der Waals surface area contributed by atoms with Crippen molar-refractivity contribution in [1.82, 2.24) is 9.66 Å². The zero-order valence-corrected chi connectivity index (χ0v) is 20.9. The van der Waals surface area contributed by atoms with E-state index in [1.165, 1.54) is 10.9 Å². The number of halogens is 2. The van der Waals surface area contributed by atoms with E-state index in [4.69, 9.17) is 26.2 Å². The van der Waals surface area contributed by atoms with Crippen LogP contribution in [0.2, 0.25) is 5.02 Å². The molecular formula is C23H23BrClN3O5. The van der Waals surface area contributed by atoms with Gasteiger partial charge in [-0.3, -0.25) is 4.79 Å². The number of nitrogens with zero attached hydrogens (tertiary/aromatic N) is 3. The molecule has 0 unspecified atom stereocenters. The van der Waals surface area contributed by atoms with Crippen LogP contribution in [0, 0.1) is 0 Å². The van der Waals surface area contributed by atoms with Gasteiger partial charge < -0.3 is 14.6 Å². The second-order valence-electron chi connectivity index (χ2n) is 8.15. The van der Waals surface area contributed by atoms with Crippen LogP contribution in [0.5, 0.6) is 11.5 Å². The van der Waals surface area contributed by atoms with Crippen LogP contribution in [0.25, 0.3) is 10.9 Å². The monoisotopic (exact) mass is 535 g/mol. The molecule has 0 bridgehead atoms. The lowest BCUT2D eigenvalue weighted by molar-refractivity contribution is -0.139. The molecule has 0 aliphatic heterocycles. The van der Waals surface area contributed by atoms with E-state index >= 15 is 0 Å². The molecule has 0 saturated carbocycles. The highest BCUT2D eigenvalue weighted by molar-refractivity contribution is 9.10. The number of carboxylic acids is 1. The Morgan fingerprint density at radius 3 is 2.64 bits per heavy atom.